The highest BCUT2D eigenvalue weighted by atomic mass is 33.1. The Morgan fingerprint density at radius 3 is 2.21 bits per heavy atom. The standard InChI is InChI=1S/C24H22N3O4S3/c1-26(2)21-10-5-8-20-19(21)7-6-12-24(20)34(30,31)25-17-13-15-18(16-14-17)32-33-23-11-4-3-9-22(23)27(28)29/h3-16,25H,1-2H3,(H,28,29)/q+1. The maximum atomic E-state index is 13.2. The van der Waals surface area contributed by atoms with Crippen LogP contribution in [0.25, 0.3) is 10.8 Å². The van der Waals surface area contributed by atoms with Crippen LogP contribution in [0.3, 0.4) is 0 Å². The number of para-hydroxylation sites is 1. The van der Waals surface area contributed by atoms with E-state index in [1.54, 1.807) is 60.7 Å². The lowest BCUT2D eigenvalue weighted by Crippen LogP contribution is -2.14. The molecule has 7 nitrogen and oxygen atoms in total. The van der Waals surface area contributed by atoms with Gasteiger partial charge in [0.1, 0.15) is 4.90 Å². The molecule has 0 fully saturated rings. The van der Waals surface area contributed by atoms with Crippen LogP contribution in [0.5, 0.6) is 0 Å². The molecular formula is C24H22N3O4S3+. The summed E-state index contributed by atoms with van der Waals surface area (Å²) < 4.78 is 29.1. The minimum absolute atomic E-state index is 0.157. The first-order chi connectivity index (χ1) is 16.3. The van der Waals surface area contributed by atoms with Crippen molar-refractivity contribution in [2.24, 2.45) is 0 Å². The summed E-state index contributed by atoms with van der Waals surface area (Å²) in [7, 11) is 2.74. The fourth-order valence-corrected chi connectivity index (χ4v) is 6.85. The molecule has 4 aromatic carbocycles. The molecule has 4 aromatic rings. The monoisotopic (exact) mass is 512 g/mol. The average molecular weight is 513 g/mol. The van der Waals surface area contributed by atoms with Gasteiger partial charge in [-0.2, -0.15) is 0 Å². The van der Waals surface area contributed by atoms with Gasteiger partial charge < -0.3 is 4.90 Å². The number of sulfonamides is 1. The van der Waals surface area contributed by atoms with Gasteiger partial charge in [0.15, 0.2) is 0 Å². The zero-order valence-electron chi connectivity index (χ0n) is 18.4. The fourth-order valence-electron chi connectivity index (χ4n) is 3.46. The van der Waals surface area contributed by atoms with Crippen LogP contribution in [0.1, 0.15) is 0 Å². The molecule has 174 valence electrons. The number of fused-ring (bicyclic) bond motifs is 1. The maximum absolute atomic E-state index is 13.2. The highest BCUT2D eigenvalue weighted by Crippen LogP contribution is 2.41. The van der Waals surface area contributed by atoms with Gasteiger partial charge in [0.25, 0.3) is 14.9 Å². The second-order valence-electron chi connectivity index (χ2n) is 7.56. The third kappa shape index (κ3) is 5.14. The molecule has 0 heterocycles. The molecule has 2 N–H and O–H groups in total. The van der Waals surface area contributed by atoms with Gasteiger partial charge in [-0.15, -0.1) is 0 Å². The molecule has 0 aliphatic rings. The Labute approximate surface area is 205 Å². The van der Waals surface area contributed by atoms with E-state index in [2.05, 4.69) is 4.72 Å². The van der Waals surface area contributed by atoms with E-state index in [1.807, 2.05) is 37.2 Å². The zero-order valence-corrected chi connectivity index (χ0v) is 20.8. The van der Waals surface area contributed by atoms with Crippen molar-refractivity contribution in [2.75, 3.05) is 23.7 Å². The van der Waals surface area contributed by atoms with Gasteiger partial charge in [0.2, 0.25) is 0 Å². The van der Waals surface area contributed by atoms with Gasteiger partial charge in [-0.3, -0.25) is 4.72 Å². The minimum atomic E-state index is -3.81. The van der Waals surface area contributed by atoms with Crippen LogP contribution in [0.4, 0.5) is 17.1 Å². The van der Waals surface area contributed by atoms with Crippen LogP contribution in [0, 0.1) is 4.91 Å². The summed E-state index contributed by atoms with van der Waals surface area (Å²) in [6.45, 7) is 0. The number of hydrogen-bond donors (Lipinski definition) is 2. The predicted molar refractivity (Wildman–Crippen MR) is 139 cm³/mol. The minimum Gasteiger partial charge on any atom is -0.377 e. The van der Waals surface area contributed by atoms with Crippen molar-refractivity contribution in [1.29, 1.82) is 0 Å². The van der Waals surface area contributed by atoms with E-state index in [9.17, 15) is 18.5 Å². The van der Waals surface area contributed by atoms with Crippen LogP contribution in [-0.4, -0.2) is 32.6 Å². The Morgan fingerprint density at radius 1 is 0.824 bits per heavy atom. The lowest BCUT2D eigenvalue weighted by Gasteiger charge is -2.17. The Hall–Kier alpha value is -3.21. The van der Waals surface area contributed by atoms with Crippen LogP contribution >= 0.6 is 21.6 Å². The van der Waals surface area contributed by atoms with Gasteiger partial charge in [-0.05, 0) is 53.3 Å². The molecule has 0 atom stereocenters. The van der Waals surface area contributed by atoms with E-state index in [4.69, 9.17) is 0 Å². The summed E-state index contributed by atoms with van der Waals surface area (Å²) in [5, 5.41) is 10.7. The zero-order chi connectivity index (χ0) is 24.3. The normalized spacial score (nSPS) is 11.4. The summed E-state index contributed by atoms with van der Waals surface area (Å²) in [4.78, 5) is 14.8. The lowest BCUT2D eigenvalue weighted by molar-refractivity contribution is -0.731. The average Bonchev–Trinajstić information content (AvgIpc) is 2.82. The third-order valence-electron chi connectivity index (χ3n) is 5.04. The largest absolute Gasteiger partial charge is 0.377 e. The molecule has 0 amide bonds. The molecule has 0 bridgehead atoms. The molecule has 0 radical (unpaired) electrons. The number of benzene rings is 4. The van der Waals surface area contributed by atoms with Crippen LogP contribution < -0.4 is 9.62 Å². The van der Waals surface area contributed by atoms with Crippen molar-refractivity contribution in [3.8, 4) is 0 Å². The Bertz CT molecular complexity index is 1460. The number of hydrogen-bond acceptors (Lipinski definition) is 6. The number of rotatable bonds is 8. The fraction of sp³-hybridized carbons (Fsp3) is 0.0833. The molecule has 0 aliphatic carbocycles. The number of nitrogens with zero attached hydrogens (tertiary/aromatic N) is 2. The summed E-state index contributed by atoms with van der Waals surface area (Å²) in [5.74, 6) is 0. The molecule has 0 spiro atoms. The second kappa shape index (κ2) is 9.96. The van der Waals surface area contributed by atoms with Crippen molar-refractivity contribution < 1.29 is 18.5 Å². The summed E-state index contributed by atoms with van der Waals surface area (Å²) in [5.41, 5.74) is 1.55. The Morgan fingerprint density at radius 2 is 1.50 bits per heavy atom. The van der Waals surface area contributed by atoms with Crippen LogP contribution in [-0.2, 0) is 10.0 Å². The summed E-state index contributed by atoms with van der Waals surface area (Å²) >= 11 is 0. The number of anilines is 2. The van der Waals surface area contributed by atoms with E-state index in [0.29, 0.717) is 16.0 Å². The number of nitrogens with one attached hydrogen (secondary N) is 1. The first-order valence-corrected chi connectivity index (χ1v) is 13.8. The molecule has 10 heteroatoms. The van der Waals surface area contributed by atoms with E-state index in [1.165, 1.54) is 27.7 Å². The molecular weight excluding hydrogens is 490 g/mol. The van der Waals surface area contributed by atoms with Gasteiger partial charge in [-0.1, -0.05) is 47.2 Å². The van der Waals surface area contributed by atoms with Gasteiger partial charge in [0.05, 0.1) is 9.80 Å². The van der Waals surface area contributed by atoms with Crippen molar-refractivity contribution in [3.63, 3.8) is 0 Å². The summed E-state index contributed by atoms with van der Waals surface area (Å²) in [6, 6.07) is 24.5. The highest BCUT2D eigenvalue weighted by molar-refractivity contribution is 8.76. The second-order valence-corrected chi connectivity index (χ2v) is 11.5. The molecule has 0 saturated carbocycles. The topological polar surface area (TPSA) is 89.7 Å². The molecule has 0 aromatic heterocycles. The van der Waals surface area contributed by atoms with Crippen molar-refractivity contribution in [1.82, 2.24) is 0 Å². The Kier molecular flexibility index (Phi) is 7.01. The Balaban J connectivity index is 1.53. The molecule has 34 heavy (non-hydrogen) atoms. The molecule has 4 rings (SSSR count). The van der Waals surface area contributed by atoms with E-state index >= 15 is 0 Å². The van der Waals surface area contributed by atoms with Crippen molar-refractivity contribution in [2.45, 2.75) is 14.7 Å². The first kappa shape index (κ1) is 23.9. The van der Waals surface area contributed by atoms with Crippen LogP contribution in [0.15, 0.2) is 99.6 Å². The van der Waals surface area contributed by atoms with Crippen molar-refractivity contribution in [3.05, 3.63) is 89.8 Å². The lowest BCUT2D eigenvalue weighted by atomic mass is 10.1. The van der Waals surface area contributed by atoms with Gasteiger partial charge in [0, 0.05) is 47.2 Å². The van der Waals surface area contributed by atoms with Crippen molar-refractivity contribution >= 4 is 59.4 Å². The third-order valence-corrected chi connectivity index (χ3v) is 8.91. The maximum Gasteiger partial charge on any atom is 0.330 e. The smallest absolute Gasteiger partial charge is 0.330 e. The van der Waals surface area contributed by atoms with Gasteiger partial charge in [-0.25, -0.2) is 13.6 Å². The van der Waals surface area contributed by atoms with E-state index < -0.39 is 10.0 Å². The van der Waals surface area contributed by atoms with Gasteiger partial charge >= 0.3 is 5.69 Å². The van der Waals surface area contributed by atoms with E-state index in [-0.39, 0.29) is 15.5 Å². The first-order valence-electron chi connectivity index (χ1n) is 10.2. The summed E-state index contributed by atoms with van der Waals surface area (Å²) in [6.07, 6.45) is 0. The molecule has 0 unspecified atom stereocenters. The predicted octanol–water partition coefficient (Wildman–Crippen LogP) is 6.31. The quantitative estimate of drug-likeness (QED) is 0.211. The van der Waals surface area contributed by atoms with Crippen LogP contribution in [0.2, 0.25) is 0 Å². The molecule has 0 saturated heterocycles. The SMILES string of the molecule is CN(C)c1cccc2c(S(=O)(=O)Nc3ccc(SSc4ccccc4[N+](=O)O)cc3)cccc12. The highest BCUT2D eigenvalue weighted by Gasteiger charge is 2.20. The molecule has 0 aliphatic heterocycles. The van der Waals surface area contributed by atoms with E-state index in [0.717, 1.165) is 16.0 Å².